The fourth-order valence-electron chi connectivity index (χ4n) is 1.35. The highest BCUT2D eigenvalue weighted by Gasteiger charge is 2.17. The lowest BCUT2D eigenvalue weighted by Gasteiger charge is -2.17. The Balaban J connectivity index is 3.20. The number of carbonyl (C=O) groups excluding carboxylic acids is 1. The molecule has 0 radical (unpaired) electrons. The number of benzene rings is 1. The fraction of sp³-hybridized carbons (Fsp3) is 0.364. The Morgan fingerprint density at radius 1 is 1.29 bits per heavy atom. The molecule has 0 N–H and O–H groups in total. The van der Waals surface area contributed by atoms with E-state index in [4.69, 9.17) is 11.6 Å². The smallest absolute Gasteiger partial charge is 0.252 e. The molecule has 0 aromatic heterocycles. The average Bonchev–Trinajstić information content (AvgIpc) is 2.01. The first kappa shape index (κ1) is 11.5. The monoisotopic (exact) mass is 226 g/mol. The maximum absolute atomic E-state index is 11.0. The van der Waals surface area contributed by atoms with Crippen LogP contribution >= 0.6 is 11.6 Å². The van der Waals surface area contributed by atoms with Crippen LogP contribution in [0.2, 0.25) is 19.6 Å². The van der Waals surface area contributed by atoms with Crippen molar-refractivity contribution in [2.45, 2.75) is 26.6 Å². The number of hydrogen-bond acceptors (Lipinski definition) is 1. The molecular weight excluding hydrogens is 212 g/mol. The van der Waals surface area contributed by atoms with Gasteiger partial charge in [-0.2, -0.15) is 0 Å². The van der Waals surface area contributed by atoms with Gasteiger partial charge in [0.1, 0.15) is 0 Å². The van der Waals surface area contributed by atoms with E-state index in [1.165, 1.54) is 5.19 Å². The molecule has 0 aliphatic carbocycles. The second kappa shape index (κ2) is 3.87. The molecule has 0 aliphatic rings. The van der Waals surface area contributed by atoms with Crippen LogP contribution in [0.1, 0.15) is 15.9 Å². The van der Waals surface area contributed by atoms with Gasteiger partial charge < -0.3 is 0 Å². The van der Waals surface area contributed by atoms with Crippen molar-refractivity contribution in [3.8, 4) is 0 Å². The van der Waals surface area contributed by atoms with E-state index in [1.807, 2.05) is 19.1 Å². The Kier molecular flexibility index (Phi) is 3.17. The summed E-state index contributed by atoms with van der Waals surface area (Å²) in [7, 11) is -1.28. The van der Waals surface area contributed by atoms with Crippen LogP contribution in [0.4, 0.5) is 0 Å². The van der Waals surface area contributed by atoms with Crippen molar-refractivity contribution in [3.05, 3.63) is 29.3 Å². The van der Waals surface area contributed by atoms with Crippen molar-refractivity contribution in [3.63, 3.8) is 0 Å². The summed E-state index contributed by atoms with van der Waals surface area (Å²) in [4.78, 5) is 11.0. The van der Waals surface area contributed by atoms with Crippen molar-refractivity contribution in [2.24, 2.45) is 0 Å². The van der Waals surface area contributed by atoms with Crippen molar-refractivity contribution < 1.29 is 4.79 Å². The number of halogens is 1. The minimum absolute atomic E-state index is 0.371. The maximum atomic E-state index is 11.0. The molecule has 0 bridgehead atoms. The number of carbonyl (C=O) groups is 1. The van der Waals surface area contributed by atoms with E-state index in [2.05, 4.69) is 25.7 Å². The molecule has 0 spiro atoms. The Morgan fingerprint density at radius 3 is 2.21 bits per heavy atom. The summed E-state index contributed by atoms with van der Waals surface area (Å²) in [6.45, 7) is 8.77. The SMILES string of the molecule is Cc1cc([Si](C)(C)C)ccc1C(=O)Cl. The maximum Gasteiger partial charge on any atom is 0.252 e. The number of aryl methyl sites for hydroxylation is 1. The predicted octanol–water partition coefficient (Wildman–Crippen LogP) is 2.92. The molecule has 76 valence electrons. The summed E-state index contributed by atoms with van der Waals surface area (Å²) in [6, 6.07) is 5.94. The van der Waals surface area contributed by atoms with Gasteiger partial charge in [-0.25, -0.2) is 0 Å². The first-order valence-electron chi connectivity index (χ1n) is 4.63. The van der Waals surface area contributed by atoms with Gasteiger partial charge in [0, 0.05) is 5.56 Å². The minimum atomic E-state index is -1.28. The van der Waals surface area contributed by atoms with Gasteiger partial charge in [0.25, 0.3) is 5.24 Å². The van der Waals surface area contributed by atoms with E-state index >= 15 is 0 Å². The van der Waals surface area contributed by atoms with Gasteiger partial charge in [0.2, 0.25) is 0 Å². The molecular formula is C11H15ClOSi. The molecule has 0 unspecified atom stereocenters. The Morgan fingerprint density at radius 2 is 1.86 bits per heavy atom. The zero-order valence-corrected chi connectivity index (χ0v) is 10.8. The summed E-state index contributed by atoms with van der Waals surface area (Å²) in [5.74, 6) is 0. The lowest BCUT2D eigenvalue weighted by Crippen LogP contribution is -2.37. The van der Waals surface area contributed by atoms with Gasteiger partial charge >= 0.3 is 0 Å². The van der Waals surface area contributed by atoms with Gasteiger partial charge in [-0.1, -0.05) is 37.0 Å². The molecule has 0 atom stereocenters. The largest absolute Gasteiger partial charge is 0.276 e. The van der Waals surface area contributed by atoms with Crippen molar-refractivity contribution >= 4 is 30.1 Å². The van der Waals surface area contributed by atoms with Gasteiger partial charge in [-0.15, -0.1) is 0 Å². The molecule has 1 nitrogen and oxygen atoms in total. The molecule has 1 aromatic carbocycles. The predicted molar refractivity (Wildman–Crippen MR) is 64.3 cm³/mol. The number of rotatable bonds is 2. The lowest BCUT2D eigenvalue weighted by molar-refractivity contribution is 0.108. The fourth-order valence-corrected chi connectivity index (χ4v) is 2.80. The molecule has 3 heteroatoms. The Labute approximate surface area is 91.1 Å². The van der Waals surface area contributed by atoms with Gasteiger partial charge in [-0.3, -0.25) is 4.79 Å². The van der Waals surface area contributed by atoms with Crippen molar-refractivity contribution in [1.29, 1.82) is 0 Å². The molecule has 1 aromatic rings. The minimum Gasteiger partial charge on any atom is -0.276 e. The summed E-state index contributed by atoms with van der Waals surface area (Å²) >= 11 is 5.45. The second-order valence-corrected chi connectivity index (χ2v) is 9.97. The third-order valence-corrected chi connectivity index (χ3v) is 4.55. The van der Waals surface area contributed by atoms with Crippen LogP contribution in [0.15, 0.2) is 18.2 Å². The zero-order valence-electron chi connectivity index (χ0n) is 9.02. The Bertz CT molecular complexity index is 366. The first-order valence-corrected chi connectivity index (χ1v) is 8.51. The normalized spacial score (nSPS) is 11.5. The number of hydrogen-bond donors (Lipinski definition) is 0. The zero-order chi connectivity index (χ0) is 10.9. The van der Waals surface area contributed by atoms with E-state index in [-0.39, 0.29) is 5.24 Å². The van der Waals surface area contributed by atoms with Crippen LogP contribution in [-0.4, -0.2) is 13.3 Å². The van der Waals surface area contributed by atoms with Crippen molar-refractivity contribution in [1.82, 2.24) is 0 Å². The van der Waals surface area contributed by atoms with Crippen LogP contribution in [-0.2, 0) is 0 Å². The standard InChI is InChI=1S/C11H15ClOSi/c1-8-7-9(14(2,3)4)5-6-10(8)11(12)13/h5-7H,1-4H3. The van der Waals surface area contributed by atoms with E-state index in [1.54, 1.807) is 0 Å². The Hall–Kier alpha value is -0.603. The molecule has 0 saturated carbocycles. The van der Waals surface area contributed by atoms with E-state index in [9.17, 15) is 4.79 Å². The molecule has 0 heterocycles. The van der Waals surface area contributed by atoms with E-state index in [0.717, 1.165) is 5.56 Å². The summed E-state index contributed by atoms with van der Waals surface area (Å²) < 4.78 is 0. The van der Waals surface area contributed by atoms with Crippen LogP contribution in [0.5, 0.6) is 0 Å². The molecule has 0 fully saturated rings. The van der Waals surface area contributed by atoms with Gasteiger partial charge in [-0.05, 0) is 30.2 Å². The lowest BCUT2D eigenvalue weighted by atomic mass is 10.1. The average molecular weight is 227 g/mol. The summed E-state index contributed by atoms with van der Waals surface area (Å²) in [6.07, 6.45) is 0. The summed E-state index contributed by atoms with van der Waals surface area (Å²) in [5, 5.41) is 0.987. The first-order chi connectivity index (χ1) is 6.32. The third kappa shape index (κ3) is 2.46. The molecule has 1 rings (SSSR count). The van der Waals surface area contributed by atoms with Crippen LogP contribution < -0.4 is 5.19 Å². The van der Waals surface area contributed by atoms with E-state index in [0.29, 0.717) is 5.56 Å². The summed E-state index contributed by atoms with van der Waals surface area (Å²) in [5.41, 5.74) is 1.60. The van der Waals surface area contributed by atoms with Crippen LogP contribution in [0.3, 0.4) is 0 Å². The molecule has 0 amide bonds. The molecule has 0 aliphatic heterocycles. The van der Waals surface area contributed by atoms with Crippen LogP contribution in [0, 0.1) is 6.92 Å². The topological polar surface area (TPSA) is 17.1 Å². The highest BCUT2D eigenvalue weighted by molar-refractivity contribution is 6.88. The van der Waals surface area contributed by atoms with E-state index < -0.39 is 8.07 Å². The quantitative estimate of drug-likeness (QED) is 0.560. The molecule has 14 heavy (non-hydrogen) atoms. The highest BCUT2D eigenvalue weighted by atomic mass is 35.5. The third-order valence-electron chi connectivity index (χ3n) is 2.30. The molecule has 0 saturated heterocycles. The van der Waals surface area contributed by atoms with Gasteiger partial charge in [0.05, 0.1) is 8.07 Å². The van der Waals surface area contributed by atoms with Crippen LogP contribution in [0.25, 0.3) is 0 Å². The van der Waals surface area contributed by atoms with Gasteiger partial charge in [0.15, 0.2) is 0 Å². The second-order valence-electron chi connectivity index (χ2n) is 4.55. The van der Waals surface area contributed by atoms with Crippen molar-refractivity contribution in [2.75, 3.05) is 0 Å². The highest BCUT2D eigenvalue weighted by Crippen LogP contribution is 2.11.